The summed E-state index contributed by atoms with van der Waals surface area (Å²) in [6.07, 6.45) is 3.41. The second-order valence-electron chi connectivity index (χ2n) is 8.55. The molecule has 1 atom stereocenters. The van der Waals surface area contributed by atoms with Crippen LogP contribution in [0.5, 0.6) is 0 Å². The largest absolute Gasteiger partial charge is 0.480 e. The van der Waals surface area contributed by atoms with E-state index in [1.165, 1.54) is 0 Å². The maximum absolute atomic E-state index is 13.0. The van der Waals surface area contributed by atoms with Crippen molar-refractivity contribution in [1.29, 1.82) is 0 Å². The zero-order valence-corrected chi connectivity index (χ0v) is 16.9. The minimum atomic E-state index is -0.713. The fraction of sp³-hybridized carbons (Fsp3) is 0.750. The summed E-state index contributed by atoms with van der Waals surface area (Å²) in [5.41, 5.74) is 1.60. The molecule has 1 unspecified atom stereocenters. The summed E-state index contributed by atoms with van der Waals surface area (Å²) in [6, 6.07) is 1.52. The van der Waals surface area contributed by atoms with Gasteiger partial charge in [-0.1, -0.05) is 20.8 Å². The highest BCUT2D eigenvalue weighted by Crippen LogP contribution is 2.43. The first-order valence-corrected chi connectivity index (χ1v) is 10.1. The van der Waals surface area contributed by atoms with Gasteiger partial charge in [0.05, 0.1) is 5.69 Å². The van der Waals surface area contributed by atoms with Gasteiger partial charge in [-0.2, -0.15) is 5.10 Å². The van der Waals surface area contributed by atoms with E-state index >= 15 is 0 Å². The quantitative estimate of drug-likeness (QED) is 0.853. The minimum absolute atomic E-state index is 0.0323. The highest BCUT2D eigenvalue weighted by atomic mass is 16.4. The topological polar surface area (TPSA) is 78.7 Å². The van der Waals surface area contributed by atoms with E-state index in [0.717, 1.165) is 38.0 Å². The van der Waals surface area contributed by atoms with Crippen LogP contribution in [0.2, 0.25) is 0 Å². The maximum atomic E-state index is 13.0. The van der Waals surface area contributed by atoms with E-state index in [4.69, 9.17) is 0 Å². The number of carboxylic acid groups (broad SMARTS) is 1. The molecule has 1 amide bonds. The monoisotopic (exact) mass is 376 g/mol. The molecule has 0 aliphatic carbocycles. The van der Waals surface area contributed by atoms with Gasteiger partial charge in [0.2, 0.25) is 0 Å². The molecule has 150 valence electrons. The van der Waals surface area contributed by atoms with E-state index in [1.807, 2.05) is 18.0 Å². The first-order valence-electron chi connectivity index (χ1n) is 10.1. The third kappa shape index (κ3) is 3.88. The van der Waals surface area contributed by atoms with Crippen LogP contribution in [-0.4, -0.2) is 68.8 Å². The van der Waals surface area contributed by atoms with Crippen molar-refractivity contribution < 1.29 is 14.7 Å². The molecule has 7 heteroatoms. The predicted molar refractivity (Wildman–Crippen MR) is 103 cm³/mol. The van der Waals surface area contributed by atoms with E-state index in [2.05, 4.69) is 30.8 Å². The molecule has 3 rings (SSSR count). The smallest absolute Gasteiger partial charge is 0.320 e. The average molecular weight is 377 g/mol. The number of piperidine rings is 1. The van der Waals surface area contributed by atoms with E-state index in [9.17, 15) is 14.7 Å². The van der Waals surface area contributed by atoms with Gasteiger partial charge >= 0.3 is 5.97 Å². The average Bonchev–Trinajstić information content (AvgIpc) is 3.17. The molecule has 2 fully saturated rings. The Bertz CT molecular complexity index is 704. The van der Waals surface area contributed by atoms with Crippen LogP contribution in [0, 0.1) is 5.41 Å². The van der Waals surface area contributed by atoms with Crippen LogP contribution in [-0.2, 0) is 11.8 Å². The van der Waals surface area contributed by atoms with Crippen molar-refractivity contribution in [2.75, 3.05) is 26.2 Å². The van der Waals surface area contributed by atoms with Crippen molar-refractivity contribution in [3.05, 3.63) is 17.5 Å². The number of carbonyl (C=O) groups is 2. The van der Waals surface area contributed by atoms with E-state index in [-0.39, 0.29) is 17.4 Å². The van der Waals surface area contributed by atoms with Crippen LogP contribution >= 0.6 is 0 Å². The fourth-order valence-electron chi connectivity index (χ4n) is 4.59. The number of carbonyl (C=O) groups excluding carboxylic acids is 1. The normalized spacial score (nSPS) is 22.7. The first kappa shape index (κ1) is 19.9. The van der Waals surface area contributed by atoms with Gasteiger partial charge in [0.25, 0.3) is 5.91 Å². The summed E-state index contributed by atoms with van der Waals surface area (Å²) in [4.78, 5) is 28.6. The van der Waals surface area contributed by atoms with Gasteiger partial charge in [0.1, 0.15) is 11.7 Å². The van der Waals surface area contributed by atoms with E-state index < -0.39 is 5.97 Å². The molecule has 27 heavy (non-hydrogen) atoms. The highest BCUT2D eigenvalue weighted by Gasteiger charge is 2.48. The third-order valence-electron chi connectivity index (χ3n) is 6.22. The lowest BCUT2D eigenvalue weighted by Gasteiger charge is -2.39. The number of rotatable bonds is 5. The number of aliphatic carboxylic acids is 1. The summed E-state index contributed by atoms with van der Waals surface area (Å²) in [5.74, 6) is -0.391. The number of likely N-dealkylation sites (tertiary alicyclic amines) is 2. The van der Waals surface area contributed by atoms with Crippen LogP contribution < -0.4 is 0 Å². The van der Waals surface area contributed by atoms with Gasteiger partial charge in [-0.15, -0.1) is 0 Å². The van der Waals surface area contributed by atoms with Crippen molar-refractivity contribution in [1.82, 2.24) is 19.6 Å². The minimum Gasteiger partial charge on any atom is -0.480 e. The van der Waals surface area contributed by atoms with Gasteiger partial charge in [-0.3, -0.25) is 19.2 Å². The number of amides is 1. The zero-order chi connectivity index (χ0) is 19.8. The Morgan fingerprint density at radius 2 is 2.00 bits per heavy atom. The van der Waals surface area contributed by atoms with Crippen LogP contribution in [0.25, 0.3) is 0 Å². The van der Waals surface area contributed by atoms with Gasteiger partial charge in [0.15, 0.2) is 0 Å². The second-order valence-corrected chi connectivity index (χ2v) is 8.55. The van der Waals surface area contributed by atoms with Crippen molar-refractivity contribution in [3.63, 3.8) is 0 Å². The Kier molecular flexibility index (Phi) is 5.60. The van der Waals surface area contributed by atoms with Crippen LogP contribution in [0.1, 0.15) is 68.6 Å². The Morgan fingerprint density at radius 3 is 2.52 bits per heavy atom. The van der Waals surface area contributed by atoms with Gasteiger partial charge in [-0.25, -0.2) is 0 Å². The molecule has 0 aromatic carbocycles. The molecule has 3 heterocycles. The molecule has 1 aromatic heterocycles. The van der Waals surface area contributed by atoms with Crippen molar-refractivity contribution in [3.8, 4) is 0 Å². The summed E-state index contributed by atoms with van der Waals surface area (Å²) >= 11 is 0. The van der Waals surface area contributed by atoms with Crippen LogP contribution in [0.4, 0.5) is 0 Å². The second kappa shape index (κ2) is 7.62. The summed E-state index contributed by atoms with van der Waals surface area (Å²) in [7, 11) is 1.82. The Morgan fingerprint density at radius 1 is 1.33 bits per heavy atom. The molecule has 2 aliphatic rings. The Hall–Kier alpha value is -1.89. The molecular weight excluding hydrogens is 344 g/mol. The SMILES string of the molecule is CCCN1CC2(CCN(C(=O)c3cc(C(C)C)nn3C)CC2)CC1C(=O)O. The predicted octanol–water partition coefficient (Wildman–Crippen LogP) is 2.33. The van der Waals surface area contributed by atoms with E-state index in [0.29, 0.717) is 31.1 Å². The fourth-order valence-corrected chi connectivity index (χ4v) is 4.59. The standard InChI is InChI=1S/C20H32N4O3/c1-5-8-24-13-20(12-17(24)19(26)27)6-9-23(10-7-20)18(25)16-11-15(14(2)3)21-22(16)4/h11,14,17H,5-10,12-13H2,1-4H3,(H,26,27). The summed E-state index contributed by atoms with van der Waals surface area (Å²) in [6.45, 7) is 9.27. The molecule has 7 nitrogen and oxygen atoms in total. The molecule has 0 saturated carbocycles. The third-order valence-corrected chi connectivity index (χ3v) is 6.22. The molecular formula is C20H32N4O3. The van der Waals surface area contributed by atoms with Gasteiger partial charge in [-0.05, 0) is 49.6 Å². The Balaban J connectivity index is 1.67. The van der Waals surface area contributed by atoms with Gasteiger partial charge < -0.3 is 10.0 Å². The number of hydrogen-bond donors (Lipinski definition) is 1. The molecule has 0 radical (unpaired) electrons. The zero-order valence-electron chi connectivity index (χ0n) is 16.9. The van der Waals surface area contributed by atoms with Crippen molar-refractivity contribution in [2.24, 2.45) is 12.5 Å². The molecule has 1 spiro atoms. The molecule has 1 aromatic rings. The number of nitrogens with zero attached hydrogens (tertiary/aromatic N) is 4. The molecule has 0 bridgehead atoms. The number of carboxylic acids is 1. The molecule has 1 N–H and O–H groups in total. The first-order chi connectivity index (χ1) is 12.8. The number of hydrogen-bond acceptors (Lipinski definition) is 4. The van der Waals surface area contributed by atoms with Crippen molar-refractivity contribution in [2.45, 2.75) is 58.4 Å². The summed E-state index contributed by atoms with van der Waals surface area (Å²) < 4.78 is 1.68. The summed E-state index contributed by atoms with van der Waals surface area (Å²) in [5, 5.41) is 14.0. The molecule has 2 aliphatic heterocycles. The maximum Gasteiger partial charge on any atom is 0.320 e. The lowest BCUT2D eigenvalue weighted by molar-refractivity contribution is -0.142. The van der Waals surface area contributed by atoms with Crippen LogP contribution in [0.15, 0.2) is 6.07 Å². The highest BCUT2D eigenvalue weighted by molar-refractivity contribution is 5.92. The lowest BCUT2D eigenvalue weighted by atomic mass is 9.76. The van der Waals surface area contributed by atoms with Gasteiger partial charge in [0, 0.05) is 26.7 Å². The van der Waals surface area contributed by atoms with E-state index in [1.54, 1.807) is 4.68 Å². The number of aromatic nitrogens is 2. The lowest BCUT2D eigenvalue weighted by Crippen LogP contribution is -2.44. The van der Waals surface area contributed by atoms with Crippen molar-refractivity contribution >= 4 is 11.9 Å². The Labute approximate surface area is 161 Å². The molecule has 2 saturated heterocycles. The number of aryl methyl sites for hydroxylation is 1. The van der Waals surface area contributed by atoms with Crippen LogP contribution in [0.3, 0.4) is 0 Å².